The Hall–Kier alpha value is -2.48. The van der Waals surface area contributed by atoms with Crippen LogP contribution in [0.4, 0.5) is 0 Å². The predicted molar refractivity (Wildman–Crippen MR) is 123 cm³/mol. The molecule has 1 fully saturated rings. The number of likely N-dealkylation sites (N-methyl/N-ethyl adjacent to an activating group) is 1. The zero-order chi connectivity index (χ0) is 23.5. The van der Waals surface area contributed by atoms with Gasteiger partial charge in [0.25, 0.3) is 0 Å². The third-order valence-corrected chi connectivity index (χ3v) is 5.97. The van der Waals surface area contributed by atoms with Crippen molar-refractivity contribution in [3.05, 3.63) is 17.7 Å². The van der Waals surface area contributed by atoms with Gasteiger partial charge >= 0.3 is 5.97 Å². The van der Waals surface area contributed by atoms with Crippen LogP contribution in [-0.2, 0) is 20.7 Å². The Morgan fingerprint density at radius 1 is 1.06 bits per heavy atom. The number of hydrogen-bond donors (Lipinski definition) is 0. The topological polar surface area (TPSA) is 77.5 Å². The highest BCUT2D eigenvalue weighted by molar-refractivity contribution is 5.78. The Morgan fingerprint density at radius 2 is 1.81 bits per heavy atom. The molecule has 2 rings (SSSR count). The van der Waals surface area contributed by atoms with Crippen molar-refractivity contribution in [3.8, 4) is 17.2 Å². The van der Waals surface area contributed by atoms with Gasteiger partial charge in [-0.25, -0.2) is 0 Å². The molecule has 0 N–H and O–H groups in total. The largest absolute Gasteiger partial charge is 0.493 e. The number of amides is 1. The van der Waals surface area contributed by atoms with Gasteiger partial charge in [-0.15, -0.1) is 0 Å². The summed E-state index contributed by atoms with van der Waals surface area (Å²) in [5, 5.41) is 0. The fraction of sp³-hybridized carbons (Fsp3) is 0.667. The minimum absolute atomic E-state index is 0.0223. The Balaban J connectivity index is 2.10. The third kappa shape index (κ3) is 6.76. The average molecular weight is 451 g/mol. The van der Waals surface area contributed by atoms with Crippen LogP contribution in [0.5, 0.6) is 17.2 Å². The van der Waals surface area contributed by atoms with E-state index in [1.54, 1.807) is 28.3 Å². The van der Waals surface area contributed by atoms with E-state index in [1.165, 1.54) is 0 Å². The Morgan fingerprint density at radius 3 is 2.44 bits per heavy atom. The van der Waals surface area contributed by atoms with E-state index in [1.807, 2.05) is 17.0 Å². The molecule has 0 aromatic heterocycles. The Bertz CT molecular complexity index is 754. The van der Waals surface area contributed by atoms with Crippen LogP contribution < -0.4 is 14.2 Å². The second kappa shape index (κ2) is 13.2. The maximum Gasteiger partial charge on any atom is 0.307 e. The van der Waals surface area contributed by atoms with Crippen molar-refractivity contribution in [3.63, 3.8) is 0 Å². The second-order valence-electron chi connectivity index (χ2n) is 7.81. The van der Waals surface area contributed by atoms with Crippen LogP contribution in [0, 0.1) is 0 Å². The van der Waals surface area contributed by atoms with Gasteiger partial charge in [0.05, 0.1) is 34.4 Å². The number of benzene rings is 1. The van der Waals surface area contributed by atoms with Crippen LogP contribution >= 0.6 is 0 Å². The minimum Gasteiger partial charge on any atom is -0.493 e. The second-order valence-corrected chi connectivity index (χ2v) is 7.81. The molecular formula is C24H38N2O6. The molecule has 1 atom stereocenters. The lowest BCUT2D eigenvalue weighted by atomic mass is 10.1. The van der Waals surface area contributed by atoms with Crippen molar-refractivity contribution in [2.75, 3.05) is 54.1 Å². The van der Waals surface area contributed by atoms with E-state index < -0.39 is 0 Å². The first-order chi connectivity index (χ1) is 15.5. The van der Waals surface area contributed by atoms with Crippen LogP contribution in [0.1, 0.15) is 45.1 Å². The van der Waals surface area contributed by atoms with Gasteiger partial charge in [-0.05, 0) is 50.9 Å². The normalized spacial score (nSPS) is 16.0. The molecule has 180 valence electrons. The molecule has 1 saturated heterocycles. The summed E-state index contributed by atoms with van der Waals surface area (Å²) in [7, 11) is 4.71. The molecule has 1 heterocycles. The summed E-state index contributed by atoms with van der Waals surface area (Å²) in [6.45, 7) is 7.31. The molecule has 1 aliphatic heterocycles. The summed E-state index contributed by atoms with van der Waals surface area (Å²) in [5.41, 5.74) is 0.875. The van der Waals surface area contributed by atoms with E-state index in [0.29, 0.717) is 55.8 Å². The number of hydrogen-bond acceptors (Lipinski definition) is 7. The summed E-state index contributed by atoms with van der Waals surface area (Å²) in [5.74, 6) is 1.42. The van der Waals surface area contributed by atoms with Crippen LogP contribution in [0.25, 0.3) is 0 Å². The molecule has 0 spiro atoms. The van der Waals surface area contributed by atoms with E-state index in [0.717, 1.165) is 31.5 Å². The maximum absolute atomic E-state index is 13.2. The van der Waals surface area contributed by atoms with Crippen molar-refractivity contribution < 1.29 is 28.5 Å². The van der Waals surface area contributed by atoms with E-state index in [-0.39, 0.29) is 18.3 Å². The molecule has 0 bridgehead atoms. The first-order valence-corrected chi connectivity index (χ1v) is 11.4. The number of likely N-dealkylation sites (tertiary alicyclic amines) is 1. The number of nitrogens with zero attached hydrogens (tertiary/aromatic N) is 2. The molecular weight excluding hydrogens is 412 g/mol. The molecule has 8 heteroatoms. The van der Waals surface area contributed by atoms with Crippen molar-refractivity contribution in [1.82, 2.24) is 9.80 Å². The first kappa shape index (κ1) is 25.8. The first-order valence-electron chi connectivity index (χ1n) is 11.4. The number of esters is 1. The highest BCUT2D eigenvalue weighted by Crippen LogP contribution is 2.40. The van der Waals surface area contributed by atoms with Gasteiger partial charge in [-0.3, -0.25) is 14.5 Å². The average Bonchev–Trinajstić information content (AvgIpc) is 3.26. The SMILES string of the molecule is CCOC(=O)CCN(CC1CCCN1CC)C(=O)CCc1ccc(OC)c(OC)c1OC. The van der Waals surface area contributed by atoms with Gasteiger partial charge in [0.15, 0.2) is 11.5 Å². The molecule has 8 nitrogen and oxygen atoms in total. The maximum atomic E-state index is 13.2. The summed E-state index contributed by atoms with van der Waals surface area (Å²) in [6, 6.07) is 4.05. The smallest absolute Gasteiger partial charge is 0.307 e. The van der Waals surface area contributed by atoms with Crippen molar-refractivity contribution in [2.45, 2.75) is 52.0 Å². The van der Waals surface area contributed by atoms with Crippen molar-refractivity contribution in [2.24, 2.45) is 0 Å². The molecule has 1 unspecified atom stereocenters. The van der Waals surface area contributed by atoms with E-state index >= 15 is 0 Å². The molecule has 0 radical (unpaired) electrons. The molecule has 0 saturated carbocycles. The lowest BCUT2D eigenvalue weighted by Gasteiger charge is -2.30. The monoisotopic (exact) mass is 450 g/mol. The Kier molecular flexibility index (Phi) is 10.6. The number of ether oxygens (including phenoxy) is 4. The van der Waals surface area contributed by atoms with Crippen LogP contribution in [0.15, 0.2) is 12.1 Å². The quantitative estimate of drug-likeness (QED) is 0.428. The lowest BCUT2D eigenvalue weighted by Crippen LogP contribution is -2.44. The number of rotatable bonds is 13. The fourth-order valence-electron chi connectivity index (χ4n) is 4.31. The molecule has 0 aliphatic carbocycles. The number of methoxy groups -OCH3 is 3. The van der Waals surface area contributed by atoms with E-state index in [4.69, 9.17) is 18.9 Å². The van der Waals surface area contributed by atoms with Gasteiger partial charge in [-0.2, -0.15) is 0 Å². The molecule has 1 aromatic carbocycles. The highest BCUT2D eigenvalue weighted by Gasteiger charge is 2.27. The van der Waals surface area contributed by atoms with Gasteiger partial charge < -0.3 is 23.8 Å². The minimum atomic E-state index is -0.273. The summed E-state index contributed by atoms with van der Waals surface area (Å²) >= 11 is 0. The summed E-state index contributed by atoms with van der Waals surface area (Å²) in [4.78, 5) is 29.3. The third-order valence-electron chi connectivity index (χ3n) is 5.97. The Labute approximate surface area is 191 Å². The molecule has 1 amide bonds. The number of carbonyl (C=O) groups excluding carboxylic acids is 2. The van der Waals surface area contributed by atoms with Crippen LogP contribution in [-0.4, -0.2) is 81.8 Å². The highest BCUT2D eigenvalue weighted by atomic mass is 16.5. The number of aryl methyl sites for hydroxylation is 1. The van der Waals surface area contributed by atoms with Crippen molar-refractivity contribution in [1.29, 1.82) is 0 Å². The molecule has 32 heavy (non-hydrogen) atoms. The lowest BCUT2D eigenvalue weighted by molar-refractivity contribution is -0.144. The summed E-state index contributed by atoms with van der Waals surface area (Å²) in [6.07, 6.45) is 3.23. The van der Waals surface area contributed by atoms with Gasteiger partial charge in [0.1, 0.15) is 0 Å². The zero-order valence-electron chi connectivity index (χ0n) is 20.1. The van der Waals surface area contributed by atoms with Crippen LogP contribution in [0.2, 0.25) is 0 Å². The zero-order valence-corrected chi connectivity index (χ0v) is 20.1. The van der Waals surface area contributed by atoms with E-state index in [9.17, 15) is 9.59 Å². The van der Waals surface area contributed by atoms with E-state index in [2.05, 4.69) is 11.8 Å². The summed E-state index contributed by atoms with van der Waals surface area (Å²) < 4.78 is 21.4. The van der Waals surface area contributed by atoms with Crippen molar-refractivity contribution >= 4 is 11.9 Å². The predicted octanol–water partition coefficient (Wildman–Crippen LogP) is 2.91. The number of carbonyl (C=O) groups is 2. The fourth-order valence-corrected chi connectivity index (χ4v) is 4.31. The van der Waals surface area contributed by atoms with Crippen LogP contribution in [0.3, 0.4) is 0 Å². The van der Waals surface area contributed by atoms with Gasteiger partial charge in [0.2, 0.25) is 11.7 Å². The van der Waals surface area contributed by atoms with Gasteiger partial charge in [-0.1, -0.05) is 13.0 Å². The molecule has 1 aromatic rings. The standard InChI is InChI=1S/C24H38N2O6/c1-6-25-15-8-9-19(25)17-26(16-14-22(28)32-7-2)21(27)13-11-18-10-12-20(29-3)24(31-5)23(18)30-4/h10,12,19H,6-9,11,13-17H2,1-5H3. The van der Waals surface area contributed by atoms with Gasteiger partial charge in [0, 0.05) is 25.6 Å². The molecule has 1 aliphatic rings.